The third kappa shape index (κ3) is 4.80. The summed E-state index contributed by atoms with van der Waals surface area (Å²) in [7, 11) is 0. The normalized spacial score (nSPS) is 18.3. The number of carbonyl (C=O) groups is 1. The van der Waals surface area contributed by atoms with Gasteiger partial charge in [-0.25, -0.2) is 0 Å². The van der Waals surface area contributed by atoms with Crippen molar-refractivity contribution in [3.05, 3.63) is 52.8 Å². The summed E-state index contributed by atoms with van der Waals surface area (Å²) in [6.45, 7) is 5.44. The molecule has 0 bridgehead atoms. The molecule has 5 nitrogen and oxygen atoms in total. The molecule has 1 saturated heterocycles. The second-order valence-electron chi connectivity index (χ2n) is 8.03. The number of amides is 1. The zero-order chi connectivity index (χ0) is 20.6. The van der Waals surface area contributed by atoms with Crippen LogP contribution < -0.4 is 0 Å². The number of halogens is 3. The molecule has 0 unspecified atom stereocenters. The molecule has 1 aliphatic heterocycles. The first kappa shape index (κ1) is 19.9. The maximum absolute atomic E-state index is 13.0. The Hall–Kier alpha value is -2.35. The highest BCUT2D eigenvalue weighted by atomic mass is 19.4. The predicted molar refractivity (Wildman–Crippen MR) is 102 cm³/mol. The van der Waals surface area contributed by atoms with Crippen LogP contribution in [-0.4, -0.2) is 51.7 Å². The summed E-state index contributed by atoms with van der Waals surface area (Å²) in [5, 5.41) is 3.69. The number of aryl methyl sites for hydroxylation is 1. The highest BCUT2D eigenvalue weighted by molar-refractivity contribution is 5.76. The maximum atomic E-state index is 13.0. The lowest BCUT2D eigenvalue weighted by Crippen LogP contribution is -2.49. The molecule has 29 heavy (non-hydrogen) atoms. The Morgan fingerprint density at radius 1 is 1.14 bits per heavy atom. The van der Waals surface area contributed by atoms with Gasteiger partial charge < -0.3 is 4.90 Å². The molecule has 1 aromatic carbocycles. The van der Waals surface area contributed by atoms with E-state index in [1.165, 1.54) is 15.8 Å². The topological polar surface area (TPSA) is 41.4 Å². The van der Waals surface area contributed by atoms with Gasteiger partial charge in [-0.15, -0.1) is 0 Å². The summed E-state index contributed by atoms with van der Waals surface area (Å²) in [5.74, 6) is -0.0727. The van der Waals surface area contributed by atoms with E-state index in [0.717, 1.165) is 38.5 Å². The van der Waals surface area contributed by atoms with Gasteiger partial charge >= 0.3 is 6.18 Å². The molecule has 1 amide bonds. The van der Waals surface area contributed by atoms with Gasteiger partial charge in [0.1, 0.15) is 6.54 Å². The van der Waals surface area contributed by atoms with E-state index in [2.05, 4.69) is 35.1 Å². The molecule has 0 radical (unpaired) electrons. The Morgan fingerprint density at radius 2 is 1.86 bits per heavy atom. The molecule has 0 N–H and O–H groups in total. The molecule has 2 fully saturated rings. The quantitative estimate of drug-likeness (QED) is 0.764. The average Bonchev–Trinajstić information content (AvgIpc) is 3.41. The van der Waals surface area contributed by atoms with Crippen molar-refractivity contribution in [3.63, 3.8) is 0 Å². The van der Waals surface area contributed by atoms with Gasteiger partial charge in [0.25, 0.3) is 0 Å². The van der Waals surface area contributed by atoms with E-state index in [0.29, 0.717) is 18.8 Å². The van der Waals surface area contributed by atoms with Gasteiger partial charge in [0.05, 0.1) is 0 Å². The molecule has 1 aromatic heterocycles. The molecular weight excluding hydrogens is 381 g/mol. The van der Waals surface area contributed by atoms with Gasteiger partial charge in [-0.3, -0.25) is 14.4 Å². The van der Waals surface area contributed by atoms with Crippen LogP contribution in [0.2, 0.25) is 0 Å². The van der Waals surface area contributed by atoms with E-state index >= 15 is 0 Å². The fraction of sp³-hybridized carbons (Fsp3) is 0.524. The van der Waals surface area contributed by atoms with Crippen molar-refractivity contribution in [2.75, 3.05) is 26.2 Å². The lowest BCUT2D eigenvalue weighted by molar-refractivity contribution is -0.142. The molecule has 4 rings (SSSR count). The third-order valence-corrected chi connectivity index (χ3v) is 5.60. The number of benzene rings is 1. The molecule has 2 aromatic rings. The summed E-state index contributed by atoms with van der Waals surface area (Å²) < 4.78 is 40.3. The van der Waals surface area contributed by atoms with Crippen LogP contribution in [0.1, 0.15) is 41.3 Å². The molecule has 8 heteroatoms. The lowest BCUT2D eigenvalue weighted by atomic mass is 10.1. The van der Waals surface area contributed by atoms with Crippen molar-refractivity contribution >= 4 is 5.91 Å². The third-order valence-electron chi connectivity index (χ3n) is 5.60. The predicted octanol–water partition coefficient (Wildman–Crippen LogP) is 3.43. The van der Waals surface area contributed by atoms with E-state index in [1.54, 1.807) is 4.90 Å². The molecular formula is C21H25F3N4O. The number of nitrogens with zero attached hydrogens (tertiary/aromatic N) is 4. The highest BCUT2D eigenvalue weighted by Gasteiger charge is 2.38. The molecule has 1 saturated carbocycles. The number of carbonyl (C=O) groups excluding carboxylic acids is 1. The van der Waals surface area contributed by atoms with Crippen LogP contribution in [0.5, 0.6) is 0 Å². The number of hydrogen-bond acceptors (Lipinski definition) is 3. The van der Waals surface area contributed by atoms with Gasteiger partial charge in [-0.05, 0) is 31.4 Å². The zero-order valence-electron chi connectivity index (χ0n) is 16.5. The van der Waals surface area contributed by atoms with Gasteiger partial charge in [0.15, 0.2) is 5.69 Å². The number of hydrogen-bond donors (Lipinski definition) is 0. The van der Waals surface area contributed by atoms with Gasteiger partial charge in [0.2, 0.25) is 5.91 Å². The second kappa shape index (κ2) is 7.82. The van der Waals surface area contributed by atoms with E-state index in [-0.39, 0.29) is 18.4 Å². The minimum absolute atomic E-state index is 0.0950. The van der Waals surface area contributed by atoms with E-state index < -0.39 is 11.9 Å². The Kier molecular flexibility index (Phi) is 5.38. The monoisotopic (exact) mass is 406 g/mol. The molecule has 0 spiro atoms. The highest BCUT2D eigenvalue weighted by Crippen LogP contribution is 2.42. The first-order chi connectivity index (χ1) is 13.8. The maximum Gasteiger partial charge on any atom is 0.435 e. The van der Waals surface area contributed by atoms with E-state index in [9.17, 15) is 18.0 Å². The minimum Gasteiger partial charge on any atom is -0.339 e. The van der Waals surface area contributed by atoms with Gasteiger partial charge in [-0.1, -0.05) is 29.8 Å². The van der Waals surface area contributed by atoms with E-state index in [4.69, 9.17) is 0 Å². The summed E-state index contributed by atoms with van der Waals surface area (Å²) in [4.78, 5) is 16.7. The van der Waals surface area contributed by atoms with Crippen LogP contribution in [0.25, 0.3) is 0 Å². The molecule has 156 valence electrons. The summed E-state index contributed by atoms with van der Waals surface area (Å²) in [6, 6.07) is 9.47. The molecule has 2 aliphatic rings. The van der Waals surface area contributed by atoms with Crippen molar-refractivity contribution in [1.82, 2.24) is 19.6 Å². The van der Waals surface area contributed by atoms with Crippen LogP contribution >= 0.6 is 0 Å². The lowest BCUT2D eigenvalue weighted by Gasteiger charge is -2.35. The Bertz CT molecular complexity index is 880. The molecule has 1 aliphatic carbocycles. The number of piperazine rings is 1. The van der Waals surface area contributed by atoms with Crippen molar-refractivity contribution in [3.8, 4) is 0 Å². The van der Waals surface area contributed by atoms with Crippen LogP contribution in [0.3, 0.4) is 0 Å². The smallest absolute Gasteiger partial charge is 0.339 e. The summed E-state index contributed by atoms with van der Waals surface area (Å²) in [6.07, 6.45) is -2.77. The zero-order valence-corrected chi connectivity index (χ0v) is 16.5. The van der Waals surface area contributed by atoms with E-state index in [1.807, 2.05) is 6.07 Å². The van der Waals surface area contributed by atoms with Crippen molar-refractivity contribution < 1.29 is 18.0 Å². The fourth-order valence-electron chi connectivity index (χ4n) is 3.86. The standard InChI is InChI=1S/C21H25F3N4O/c1-15-3-2-4-16(11-15)13-26-7-9-27(10-8-26)20(29)14-28-18(17-5-6-17)12-19(25-28)21(22,23)24/h2-4,11-12,17H,5-10,13-14H2,1H3. The Labute approximate surface area is 168 Å². The number of alkyl halides is 3. The van der Waals surface area contributed by atoms with Crippen molar-refractivity contribution in [2.45, 2.75) is 44.9 Å². The van der Waals surface area contributed by atoms with Crippen molar-refractivity contribution in [1.29, 1.82) is 0 Å². The first-order valence-corrected chi connectivity index (χ1v) is 10.0. The second-order valence-corrected chi connectivity index (χ2v) is 8.03. The minimum atomic E-state index is -4.49. The van der Waals surface area contributed by atoms with Crippen LogP contribution in [-0.2, 0) is 24.1 Å². The first-order valence-electron chi connectivity index (χ1n) is 10.0. The van der Waals surface area contributed by atoms with Gasteiger partial charge in [0, 0.05) is 44.3 Å². The summed E-state index contributed by atoms with van der Waals surface area (Å²) in [5.41, 5.74) is 2.09. The fourth-order valence-corrected chi connectivity index (χ4v) is 3.86. The molecule has 0 atom stereocenters. The number of aromatic nitrogens is 2. The summed E-state index contributed by atoms with van der Waals surface area (Å²) >= 11 is 0. The Balaban J connectivity index is 1.35. The van der Waals surface area contributed by atoms with Crippen LogP contribution in [0.4, 0.5) is 13.2 Å². The Morgan fingerprint density at radius 3 is 2.48 bits per heavy atom. The number of rotatable bonds is 5. The average molecular weight is 406 g/mol. The largest absolute Gasteiger partial charge is 0.435 e. The van der Waals surface area contributed by atoms with Crippen LogP contribution in [0.15, 0.2) is 30.3 Å². The SMILES string of the molecule is Cc1cccc(CN2CCN(C(=O)Cn3nc(C(F)(F)F)cc3C3CC3)CC2)c1. The van der Waals surface area contributed by atoms with Crippen LogP contribution in [0, 0.1) is 6.92 Å². The van der Waals surface area contributed by atoms with Crippen molar-refractivity contribution in [2.24, 2.45) is 0 Å². The molecule has 2 heterocycles. The van der Waals surface area contributed by atoms with Gasteiger partial charge in [-0.2, -0.15) is 18.3 Å².